The van der Waals surface area contributed by atoms with E-state index in [0.29, 0.717) is 35.1 Å². The molecule has 8 nitrogen and oxygen atoms in total. The van der Waals surface area contributed by atoms with Gasteiger partial charge in [-0.25, -0.2) is 9.97 Å². The minimum atomic E-state index is -0.239. The smallest absolute Gasteiger partial charge is 0.487 e. The first kappa shape index (κ1) is 39.8. The van der Waals surface area contributed by atoms with E-state index in [9.17, 15) is 0 Å². The van der Waals surface area contributed by atoms with E-state index < -0.39 is 0 Å². The number of para-hydroxylation sites is 2. The summed E-state index contributed by atoms with van der Waals surface area (Å²) in [6.07, 6.45) is 7.38. The monoisotopic (exact) mass is 932 g/mol. The minimum absolute atomic E-state index is 0. The third kappa shape index (κ3) is 7.46. The molecule has 10 heteroatoms. The average molecular weight is 933 g/mol. The molecule has 0 fully saturated rings. The molecule has 8 rings (SSSR count). The van der Waals surface area contributed by atoms with Crippen molar-refractivity contribution in [3.63, 3.8) is 0 Å². The van der Waals surface area contributed by atoms with Gasteiger partial charge in [-0.05, 0) is 89.5 Å². The van der Waals surface area contributed by atoms with Crippen molar-refractivity contribution in [3.8, 4) is 29.0 Å². The summed E-state index contributed by atoms with van der Waals surface area (Å²) in [6, 6.07) is 35.6. The van der Waals surface area contributed by atoms with E-state index in [1.54, 1.807) is 6.20 Å². The molecule has 0 spiro atoms. The third-order valence-electron chi connectivity index (χ3n) is 10.7. The van der Waals surface area contributed by atoms with Gasteiger partial charge in [0.25, 0.3) is 0 Å². The fraction of sp³-hybridized carbons (Fsp3) is 0.255. The van der Waals surface area contributed by atoms with Crippen LogP contribution in [0.1, 0.15) is 88.1 Å². The minimum Gasteiger partial charge on any atom is -0.487 e. The number of rotatable bonds is 9. The van der Waals surface area contributed by atoms with Gasteiger partial charge in [0.05, 0.1) is 5.69 Å². The molecular formula is C47H48BN7OPt. The van der Waals surface area contributed by atoms with Crippen molar-refractivity contribution in [1.82, 2.24) is 24.5 Å². The van der Waals surface area contributed by atoms with Crippen molar-refractivity contribution in [2.24, 2.45) is 0 Å². The first-order valence-corrected chi connectivity index (χ1v) is 19.5. The van der Waals surface area contributed by atoms with Crippen LogP contribution in [0.2, 0.25) is 0 Å². The number of hydrogen-bond acceptors (Lipinski definition) is 6. The Bertz CT molecular complexity index is 2470. The van der Waals surface area contributed by atoms with Gasteiger partial charge in [-0.3, -0.25) is 4.57 Å². The van der Waals surface area contributed by atoms with Crippen LogP contribution in [0.15, 0.2) is 116 Å². The Hall–Kier alpha value is -5.40. The molecule has 4 heterocycles. The van der Waals surface area contributed by atoms with Gasteiger partial charge in [-0.1, -0.05) is 126 Å². The topological polar surface area (TPSA) is 73.4 Å². The van der Waals surface area contributed by atoms with E-state index >= 15 is 0 Å². The number of anilines is 4. The fourth-order valence-corrected chi connectivity index (χ4v) is 7.87. The van der Waals surface area contributed by atoms with E-state index in [1.165, 1.54) is 33.3 Å². The number of nitrogens with zero attached hydrogens (tertiary/aromatic N) is 7. The Kier molecular flexibility index (Phi) is 11.1. The van der Waals surface area contributed by atoms with Gasteiger partial charge < -0.3 is 24.3 Å². The standard InChI is InChI=1S/C47H48BN7O.Pt/c1-30(2)37-19-14-20-38(31(3)4)44(37)53-26-25-50-46(53)45-51-29-42(52-45)56-36-21-22-39-40(28-36)55(41-27-34(23-24-49-41)47(7,8)9)48(43-32(5)15-13-16-33(43)6)54(39)35-17-11-10-12-18-35;/h10-27,29-31H,1-9H3;/q-2;+2. The predicted octanol–water partition coefficient (Wildman–Crippen LogP) is 10.7. The summed E-state index contributed by atoms with van der Waals surface area (Å²) in [5.74, 6) is 3.54. The summed E-state index contributed by atoms with van der Waals surface area (Å²) < 4.78 is 8.63. The molecule has 3 aromatic heterocycles. The Morgan fingerprint density at radius 1 is 0.754 bits per heavy atom. The van der Waals surface area contributed by atoms with Crippen LogP contribution in [-0.2, 0) is 26.5 Å². The zero-order chi connectivity index (χ0) is 39.3. The molecule has 0 amide bonds. The van der Waals surface area contributed by atoms with Crippen LogP contribution in [0, 0.1) is 19.9 Å². The average Bonchev–Trinajstić information content (AvgIpc) is 3.92. The van der Waals surface area contributed by atoms with Crippen molar-refractivity contribution in [3.05, 3.63) is 150 Å². The number of fused-ring (bicyclic) bond motifs is 1. The van der Waals surface area contributed by atoms with Gasteiger partial charge in [0, 0.05) is 30.0 Å². The van der Waals surface area contributed by atoms with Crippen molar-refractivity contribution in [1.29, 1.82) is 0 Å². The summed E-state index contributed by atoms with van der Waals surface area (Å²) in [7, 11) is 0. The Morgan fingerprint density at radius 2 is 1.44 bits per heavy atom. The van der Waals surface area contributed by atoms with Gasteiger partial charge in [0.15, 0.2) is 0 Å². The molecule has 0 bridgehead atoms. The van der Waals surface area contributed by atoms with Crippen LogP contribution in [-0.4, -0.2) is 26.5 Å². The van der Waals surface area contributed by atoms with E-state index in [0.717, 1.165) is 28.6 Å². The summed E-state index contributed by atoms with van der Waals surface area (Å²) >= 11 is 0. The molecule has 290 valence electrons. The Balaban J connectivity index is 0.00000496. The molecule has 0 saturated heterocycles. The molecule has 7 aromatic rings. The van der Waals surface area contributed by atoms with E-state index in [-0.39, 0.29) is 33.5 Å². The fourth-order valence-electron chi connectivity index (χ4n) is 7.87. The summed E-state index contributed by atoms with van der Waals surface area (Å²) in [5.41, 5.74) is 11.3. The van der Waals surface area contributed by atoms with Crippen molar-refractivity contribution in [2.75, 3.05) is 9.62 Å². The molecule has 1 aliphatic heterocycles. The van der Waals surface area contributed by atoms with Gasteiger partial charge in [0.2, 0.25) is 0 Å². The maximum Gasteiger partial charge on any atom is 2.00 e. The normalized spacial score (nSPS) is 12.7. The molecule has 0 N–H and O–H groups in total. The summed E-state index contributed by atoms with van der Waals surface area (Å²) in [4.78, 5) is 24.0. The molecule has 1 aliphatic rings. The second kappa shape index (κ2) is 15.9. The molecule has 4 aromatic carbocycles. The summed E-state index contributed by atoms with van der Waals surface area (Å²) in [6.45, 7) is 19.7. The molecular weight excluding hydrogens is 884 g/mol. The maximum absolute atomic E-state index is 6.51. The number of imidazole rings is 2. The second-order valence-corrected chi connectivity index (χ2v) is 16.3. The number of aromatic nitrogens is 5. The van der Waals surface area contributed by atoms with E-state index in [2.05, 4.69) is 167 Å². The molecule has 0 saturated carbocycles. The zero-order valence-corrected chi connectivity index (χ0v) is 36.3. The van der Waals surface area contributed by atoms with Gasteiger partial charge in [-0.15, -0.1) is 18.2 Å². The third-order valence-corrected chi connectivity index (χ3v) is 10.7. The Labute approximate surface area is 351 Å². The molecule has 57 heavy (non-hydrogen) atoms. The number of ether oxygens (including phenoxy) is 1. The first-order valence-electron chi connectivity index (χ1n) is 19.5. The molecule has 0 radical (unpaired) electrons. The number of pyridine rings is 1. The van der Waals surface area contributed by atoms with Gasteiger partial charge >= 0.3 is 28.0 Å². The van der Waals surface area contributed by atoms with Crippen LogP contribution in [0.4, 0.5) is 22.9 Å². The SMILES string of the molecule is Cc1cccc(C)c1B1N(c2cc(C(C)(C)C)ccn2)c2[c-]c(Oc3cnc(-c4nccn4-c4c(C(C)C)cccc4C(C)C)[n-]3)ccc2N1c1ccccc1.[Pt+2]. The molecule has 0 unspecified atom stereocenters. The van der Waals surface area contributed by atoms with Crippen LogP contribution in [0.5, 0.6) is 11.6 Å². The van der Waals surface area contributed by atoms with E-state index in [4.69, 9.17) is 24.7 Å². The second-order valence-electron chi connectivity index (χ2n) is 16.3. The number of aryl methyl sites for hydroxylation is 2. The quantitative estimate of drug-likeness (QED) is 0.105. The summed E-state index contributed by atoms with van der Waals surface area (Å²) in [5, 5.41) is 0. The Morgan fingerprint density at radius 3 is 2.11 bits per heavy atom. The number of hydrogen-bond donors (Lipinski definition) is 0. The van der Waals surface area contributed by atoms with Crippen molar-refractivity contribution in [2.45, 2.75) is 79.6 Å². The molecule has 0 aliphatic carbocycles. The molecule has 0 atom stereocenters. The van der Waals surface area contributed by atoms with Crippen LogP contribution in [0.25, 0.3) is 17.3 Å². The van der Waals surface area contributed by atoms with E-state index in [1.807, 2.05) is 24.7 Å². The van der Waals surface area contributed by atoms with Crippen molar-refractivity contribution >= 4 is 35.3 Å². The number of benzene rings is 4. The van der Waals surface area contributed by atoms with Crippen LogP contribution < -0.4 is 24.8 Å². The maximum atomic E-state index is 6.51. The zero-order valence-electron chi connectivity index (χ0n) is 34.1. The van der Waals surface area contributed by atoms with Crippen LogP contribution >= 0.6 is 0 Å². The van der Waals surface area contributed by atoms with Gasteiger partial charge in [-0.2, -0.15) is 0 Å². The van der Waals surface area contributed by atoms with Gasteiger partial charge in [0.1, 0.15) is 17.5 Å². The predicted molar refractivity (Wildman–Crippen MR) is 229 cm³/mol. The van der Waals surface area contributed by atoms with Crippen LogP contribution in [0.3, 0.4) is 0 Å². The largest absolute Gasteiger partial charge is 2.00 e. The first-order chi connectivity index (χ1) is 26.9. The van der Waals surface area contributed by atoms with Crippen molar-refractivity contribution < 1.29 is 25.8 Å².